The lowest BCUT2D eigenvalue weighted by Gasteiger charge is -1.99. The second-order valence-electron chi connectivity index (χ2n) is 2.95. The quantitative estimate of drug-likeness (QED) is 0.831. The molecule has 0 aliphatic rings. The molecule has 2 rings (SSSR count). The summed E-state index contributed by atoms with van der Waals surface area (Å²) in [5, 5.41) is 8.65. The molecule has 0 amide bonds. The number of aromatic nitrogens is 2. The van der Waals surface area contributed by atoms with Gasteiger partial charge in [0, 0.05) is 3.57 Å². The highest BCUT2D eigenvalue weighted by molar-refractivity contribution is 14.1. The predicted molar refractivity (Wildman–Crippen MR) is 60.2 cm³/mol. The first-order valence-electron chi connectivity index (χ1n) is 4.00. The van der Waals surface area contributed by atoms with Crippen LogP contribution in [0.3, 0.4) is 0 Å². The molecule has 4 nitrogen and oxygen atoms in total. The van der Waals surface area contributed by atoms with Gasteiger partial charge in [-0.25, -0.2) is 4.98 Å². The maximum Gasteiger partial charge on any atom is 0.307 e. The Balaban J connectivity index is 2.53. The number of H-pyrrole nitrogens is 1. The molecule has 0 aliphatic heterocycles. The Hall–Kier alpha value is -1.11. The molecule has 1 aromatic heterocycles. The van der Waals surface area contributed by atoms with Crippen molar-refractivity contribution < 1.29 is 9.90 Å². The molecule has 0 fully saturated rings. The third kappa shape index (κ3) is 1.72. The molecule has 72 valence electrons. The molecule has 1 heterocycles. The second kappa shape index (κ2) is 3.56. The largest absolute Gasteiger partial charge is 0.481 e. The number of carbonyl (C=O) groups is 1. The van der Waals surface area contributed by atoms with Crippen LogP contribution in [0, 0.1) is 3.57 Å². The minimum absolute atomic E-state index is 0.0466. The Morgan fingerprint density at radius 1 is 1.57 bits per heavy atom. The van der Waals surface area contributed by atoms with Crippen LogP contribution in [-0.4, -0.2) is 21.0 Å². The topological polar surface area (TPSA) is 66.0 Å². The van der Waals surface area contributed by atoms with E-state index >= 15 is 0 Å². The van der Waals surface area contributed by atoms with Crippen molar-refractivity contribution in [3.05, 3.63) is 27.6 Å². The molecule has 0 saturated heterocycles. The molecule has 1 aromatic carbocycles. The van der Waals surface area contributed by atoms with Crippen molar-refractivity contribution in [1.29, 1.82) is 0 Å². The fourth-order valence-corrected chi connectivity index (χ4v) is 2.17. The van der Waals surface area contributed by atoms with E-state index in [2.05, 4.69) is 32.6 Å². The summed E-state index contributed by atoms with van der Waals surface area (Å²) in [6.07, 6.45) is 1.66. The standard InChI is InChI=1S/C9H7IN2O2/c10-6-1-5(3-8(13)14)2-7-9(6)12-4-11-7/h1-2,4H,3H2,(H,11,12)(H,13,14). The smallest absolute Gasteiger partial charge is 0.307 e. The number of fused-ring (bicyclic) bond motifs is 1. The van der Waals surface area contributed by atoms with Gasteiger partial charge >= 0.3 is 5.97 Å². The average molecular weight is 302 g/mol. The van der Waals surface area contributed by atoms with E-state index in [9.17, 15) is 4.79 Å². The highest BCUT2D eigenvalue weighted by atomic mass is 127. The molecular formula is C9H7IN2O2. The summed E-state index contributed by atoms with van der Waals surface area (Å²) in [5.41, 5.74) is 2.56. The summed E-state index contributed by atoms with van der Waals surface area (Å²) >= 11 is 2.15. The number of carboxylic acids is 1. The molecule has 0 radical (unpaired) electrons. The van der Waals surface area contributed by atoms with Gasteiger partial charge in [0.1, 0.15) is 5.52 Å². The number of nitrogens with one attached hydrogen (secondary N) is 1. The third-order valence-corrected chi connectivity index (χ3v) is 2.71. The zero-order chi connectivity index (χ0) is 10.1. The van der Waals surface area contributed by atoms with E-state index in [0.29, 0.717) is 0 Å². The number of carboxylic acid groups (broad SMARTS) is 1. The Bertz CT molecular complexity index is 493. The van der Waals surface area contributed by atoms with Crippen molar-refractivity contribution in [2.24, 2.45) is 0 Å². The molecule has 2 N–H and O–H groups in total. The van der Waals surface area contributed by atoms with E-state index < -0.39 is 5.97 Å². The van der Waals surface area contributed by atoms with E-state index in [0.717, 1.165) is 20.2 Å². The lowest BCUT2D eigenvalue weighted by atomic mass is 10.1. The summed E-state index contributed by atoms with van der Waals surface area (Å²) in [6, 6.07) is 3.66. The average Bonchev–Trinajstić information content (AvgIpc) is 2.50. The van der Waals surface area contributed by atoms with E-state index in [1.54, 1.807) is 6.33 Å². The lowest BCUT2D eigenvalue weighted by Crippen LogP contribution is -2.00. The van der Waals surface area contributed by atoms with Gasteiger partial charge in [0.2, 0.25) is 0 Å². The maximum absolute atomic E-state index is 10.5. The number of hydrogen-bond donors (Lipinski definition) is 2. The summed E-state index contributed by atoms with van der Waals surface area (Å²) < 4.78 is 0.970. The van der Waals surface area contributed by atoms with E-state index in [-0.39, 0.29) is 6.42 Å². The van der Waals surface area contributed by atoms with Crippen LogP contribution in [0.2, 0.25) is 0 Å². The molecule has 5 heteroatoms. The highest BCUT2D eigenvalue weighted by Gasteiger charge is 2.06. The SMILES string of the molecule is O=C(O)Cc1cc(I)c2nc[nH]c2c1. The monoisotopic (exact) mass is 302 g/mol. The first kappa shape index (κ1) is 9.45. The Labute approximate surface area is 93.5 Å². The van der Waals surface area contributed by atoms with Crippen molar-refractivity contribution in [2.45, 2.75) is 6.42 Å². The number of rotatable bonds is 2. The van der Waals surface area contributed by atoms with Crippen molar-refractivity contribution in [1.82, 2.24) is 9.97 Å². The number of imidazole rings is 1. The van der Waals surface area contributed by atoms with Gasteiger partial charge in [0.15, 0.2) is 0 Å². The summed E-state index contributed by atoms with van der Waals surface area (Å²) in [7, 11) is 0. The van der Waals surface area contributed by atoms with Crippen LogP contribution < -0.4 is 0 Å². The molecule has 0 bridgehead atoms. The van der Waals surface area contributed by atoms with Gasteiger partial charge in [0.25, 0.3) is 0 Å². The van der Waals surface area contributed by atoms with Gasteiger partial charge in [-0.05, 0) is 40.3 Å². The Morgan fingerprint density at radius 3 is 3.07 bits per heavy atom. The number of aliphatic carboxylic acids is 1. The van der Waals surface area contributed by atoms with Crippen molar-refractivity contribution in [3.63, 3.8) is 0 Å². The summed E-state index contributed by atoms with van der Waals surface area (Å²) in [4.78, 5) is 17.6. The van der Waals surface area contributed by atoms with Crippen LogP contribution in [0.5, 0.6) is 0 Å². The molecular weight excluding hydrogens is 295 g/mol. The molecule has 0 spiro atoms. The number of nitrogens with zero attached hydrogens (tertiary/aromatic N) is 1. The highest BCUT2D eigenvalue weighted by Crippen LogP contribution is 2.19. The van der Waals surface area contributed by atoms with Gasteiger partial charge in [-0.15, -0.1) is 0 Å². The van der Waals surface area contributed by atoms with Gasteiger partial charge in [-0.3, -0.25) is 4.79 Å². The first-order valence-corrected chi connectivity index (χ1v) is 5.08. The summed E-state index contributed by atoms with van der Waals surface area (Å²) in [5.74, 6) is -0.820. The second-order valence-corrected chi connectivity index (χ2v) is 4.11. The minimum Gasteiger partial charge on any atom is -0.481 e. The van der Waals surface area contributed by atoms with E-state index in [4.69, 9.17) is 5.11 Å². The van der Waals surface area contributed by atoms with Crippen LogP contribution in [0.15, 0.2) is 18.5 Å². The molecule has 0 unspecified atom stereocenters. The summed E-state index contributed by atoms with van der Waals surface area (Å²) in [6.45, 7) is 0. The lowest BCUT2D eigenvalue weighted by molar-refractivity contribution is -0.136. The van der Waals surface area contributed by atoms with Crippen LogP contribution >= 0.6 is 22.6 Å². The molecule has 0 aliphatic carbocycles. The number of halogens is 1. The predicted octanol–water partition coefficient (Wildman–Crippen LogP) is 1.79. The van der Waals surface area contributed by atoms with E-state index in [1.165, 1.54) is 0 Å². The molecule has 0 saturated carbocycles. The van der Waals surface area contributed by atoms with Gasteiger partial charge in [-0.1, -0.05) is 0 Å². The maximum atomic E-state index is 10.5. The van der Waals surface area contributed by atoms with Crippen molar-refractivity contribution in [3.8, 4) is 0 Å². The van der Waals surface area contributed by atoms with Crippen LogP contribution in [0.1, 0.15) is 5.56 Å². The van der Waals surface area contributed by atoms with Gasteiger partial charge in [-0.2, -0.15) is 0 Å². The van der Waals surface area contributed by atoms with Gasteiger partial charge < -0.3 is 10.1 Å². The van der Waals surface area contributed by atoms with Crippen LogP contribution in [0.4, 0.5) is 0 Å². The molecule has 0 atom stereocenters. The Kier molecular flexibility index (Phi) is 2.40. The minimum atomic E-state index is -0.820. The van der Waals surface area contributed by atoms with Crippen molar-refractivity contribution in [2.75, 3.05) is 0 Å². The van der Waals surface area contributed by atoms with Crippen LogP contribution in [-0.2, 0) is 11.2 Å². The normalized spacial score (nSPS) is 10.6. The number of aromatic amines is 1. The molecule has 2 aromatic rings. The van der Waals surface area contributed by atoms with Gasteiger partial charge in [0.05, 0.1) is 18.3 Å². The van der Waals surface area contributed by atoms with Crippen molar-refractivity contribution >= 4 is 39.6 Å². The zero-order valence-corrected chi connectivity index (χ0v) is 9.28. The Morgan fingerprint density at radius 2 is 2.36 bits per heavy atom. The molecule has 14 heavy (non-hydrogen) atoms. The fraction of sp³-hybridized carbons (Fsp3) is 0.111. The number of benzene rings is 1. The first-order chi connectivity index (χ1) is 6.66. The fourth-order valence-electron chi connectivity index (χ4n) is 1.34. The zero-order valence-electron chi connectivity index (χ0n) is 7.12. The third-order valence-electron chi connectivity index (χ3n) is 1.89. The van der Waals surface area contributed by atoms with E-state index in [1.807, 2.05) is 12.1 Å². The van der Waals surface area contributed by atoms with Crippen LogP contribution in [0.25, 0.3) is 11.0 Å². The number of hydrogen-bond acceptors (Lipinski definition) is 2.